The van der Waals surface area contributed by atoms with Crippen LogP contribution in [-0.4, -0.2) is 24.7 Å². The Kier molecular flexibility index (Phi) is 4.99. The topological polar surface area (TPSA) is 38.3 Å². The summed E-state index contributed by atoms with van der Waals surface area (Å²) >= 11 is 0. The summed E-state index contributed by atoms with van der Waals surface area (Å²) in [7, 11) is 0. The van der Waals surface area contributed by atoms with Crippen molar-refractivity contribution in [3.8, 4) is 0 Å². The van der Waals surface area contributed by atoms with Gasteiger partial charge in [0.2, 0.25) is 6.41 Å². The van der Waals surface area contributed by atoms with E-state index in [1.807, 2.05) is 20.8 Å². The van der Waals surface area contributed by atoms with Crippen LogP contribution in [0.4, 0.5) is 0 Å². The number of rotatable bonds is 5. The average molecular weight is 187 g/mol. The molecule has 0 saturated carbocycles. The number of ether oxygens (including phenoxy) is 1. The summed E-state index contributed by atoms with van der Waals surface area (Å²) < 4.78 is 5.58. The van der Waals surface area contributed by atoms with Gasteiger partial charge in [0.25, 0.3) is 0 Å². The standard InChI is InChI=1S/C10H21NO2/c1-8(2)9(11-7-12)6-13-10(3,4)5/h7-9H,6H2,1-5H3,(H,11,12)/t9-/m1/s1. The molecule has 0 aliphatic rings. The Morgan fingerprint density at radius 3 is 2.23 bits per heavy atom. The second-order valence-electron chi connectivity index (χ2n) is 4.56. The minimum absolute atomic E-state index is 0.108. The van der Waals surface area contributed by atoms with E-state index in [1.54, 1.807) is 0 Å². The average Bonchev–Trinajstić information content (AvgIpc) is 1.95. The van der Waals surface area contributed by atoms with Gasteiger partial charge in [-0.1, -0.05) is 13.8 Å². The summed E-state index contributed by atoms with van der Waals surface area (Å²) in [4.78, 5) is 10.3. The molecule has 0 bridgehead atoms. The summed E-state index contributed by atoms with van der Waals surface area (Å²) in [6.07, 6.45) is 0.733. The maximum atomic E-state index is 10.3. The van der Waals surface area contributed by atoms with Gasteiger partial charge < -0.3 is 10.1 Å². The monoisotopic (exact) mass is 187 g/mol. The molecule has 0 aliphatic carbocycles. The van der Waals surface area contributed by atoms with Gasteiger partial charge in [-0.25, -0.2) is 0 Å². The van der Waals surface area contributed by atoms with Crippen LogP contribution >= 0.6 is 0 Å². The van der Waals surface area contributed by atoms with Crippen molar-refractivity contribution in [2.75, 3.05) is 6.61 Å². The molecule has 78 valence electrons. The molecule has 1 amide bonds. The molecular weight excluding hydrogens is 166 g/mol. The lowest BCUT2D eigenvalue weighted by Gasteiger charge is -2.26. The Bertz CT molecular complexity index is 149. The Hall–Kier alpha value is -0.570. The first-order valence-electron chi connectivity index (χ1n) is 4.70. The summed E-state index contributed by atoms with van der Waals surface area (Å²) in [6, 6.07) is 0.108. The molecule has 0 unspecified atom stereocenters. The van der Waals surface area contributed by atoms with E-state index in [4.69, 9.17) is 4.74 Å². The van der Waals surface area contributed by atoms with Gasteiger partial charge in [0.1, 0.15) is 0 Å². The Labute approximate surface area is 80.8 Å². The van der Waals surface area contributed by atoms with Crippen molar-refractivity contribution in [3.05, 3.63) is 0 Å². The summed E-state index contributed by atoms with van der Waals surface area (Å²) in [5, 5.41) is 2.75. The zero-order chi connectivity index (χ0) is 10.5. The molecule has 0 heterocycles. The van der Waals surface area contributed by atoms with Gasteiger partial charge in [-0.2, -0.15) is 0 Å². The molecule has 1 N–H and O–H groups in total. The predicted molar refractivity (Wildman–Crippen MR) is 53.5 cm³/mol. The van der Waals surface area contributed by atoms with Crippen LogP contribution in [0.25, 0.3) is 0 Å². The number of nitrogens with one attached hydrogen (secondary N) is 1. The number of amides is 1. The number of hydrogen-bond donors (Lipinski definition) is 1. The van der Waals surface area contributed by atoms with E-state index < -0.39 is 0 Å². The van der Waals surface area contributed by atoms with Crippen molar-refractivity contribution in [2.24, 2.45) is 5.92 Å². The highest BCUT2D eigenvalue weighted by molar-refractivity contribution is 5.46. The van der Waals surface area contributed by atoms with Crippen LogP contribution in [0.2, 0.25) is 0 Å². The predicted octanol–water partition coefficient (Wildman–Crippen LogP) is 1.57. The van der Waals surface area contributed by atoms with Gasteiger partial charge >= 0.3 is 0 Å². The van der Waals surface area contributed by atoms with E-state index in [9.17, 15) is 4.79 Å². The zero-order valence-electron chi connectivity index (χ0n) is 9.26. The molecule has 0 rings (SSSR count). The molecule has 1 atom stereocenters. The highest BCUT2D eigenvalue weighted by Crippen LogP contribution is 2.10. The maximum absolute atomic E-state index is 10.3. The Morgan fingerprint density at radius 1 is 1.38 bits per heavy atom. The van der Waals surface area contributed by atoms with E-state index in [0.717, 1.165) is 6.41 Å². The highest BCUT2D eigenvalue weighted by Gasteiger charge is 2.17. The van der Waals surface area contributed by atoms with E-state index in [0.29, 0.717) is 12.5 Å². The second-order valence-corrected chi connectivity index (χ2v) is 4.56. The molecule has 0 radical (unpaired) electrons. The Balaban J connectivity index is 3.89. The molecule has 0 aromatic heterocycles. The summed E-state index contributed by atoms with van der Waals surface area (Å²) in [5.41, 5.74) is -0.141. The van der Waals surface area contributed by atoms with E-state index in [-0.39, 0.29) is 11.6 Å². The van der Waals surface area contributed by atoms with Gasteiger partial charge in [0.05, 0.1) is 18.2 Å². The first-order valence-corrected chi connectivity index (χ1v) is 4.70. The van der Waals surface area contributed by atoms with Crippen LogP contribution in [-0.2, 0) is 9.53 Å². The minimum atomic E-state index is -0.141. The summed E-state index contributed by atoms with van der Waals surface area (Å²) in [6.45, 7) is 10.7. The van der Waals surface area contributed by atoms with Crippen LogP contribution in [0.3, 0.4) is 0 Å². The third-order valence-electron chi connectivity index (χ3n) is 1.78. The normalized spacial score (nSPS) is 14.3. The quantitative estimate of drug-likeness (QED) is 0.663. The molecule has 3 nitrogen and oxygen atoms in total. The van der Waals surface area contributed by atoms with Gasteiger partial charge in [-0.15, -0.1) is 0 Å². The van der Waals surface area contributed by atoms with Gasteiger partial charge in [0, 0.05) is 0 Å². The molecule has 0 spiro atoms. The van der Waals surface area contributed by atoms with Crippen LogP contribution in [0.5, 0.6) is 0 Å². The lowest BCUT2D eigenvalue weighted by atomic mass is 10.1. The third kappa shape index (κ3) is 6.58. The molecule has 0 saturated heterocycles. The largest absolute Gasteiger partial charge is 0.374 e. The molecule has 0 aromatic carbocycles. The molecule has 0 aromatic rings. The highest BCUT2D eigenvalue weighted by atomic mass is 16.5. The summed E-state index contributed by atoms with van der Waals surface area (Å²) in [5.74, 6) is 0.396. The lowest BCUT2D eigenvalue weighted by molar-refractivity contribution is -0.111. The fourth-order valence-corrected chi connectivity index (χ4v) is 0.860. The first-order chi connectivity index (χ1) is 5.87. The minimum Gasteiger partial charge on any atom is -0.374 e. The second kappa shape index (κ2) is 5.22. The van der Waals surface area contributed by atoms with E-state index in [2.05, 4.69) is 19.2 Å². The molecule has 13 heavy (non-hydrogen) atoms. The Morgan fingerprint density at radius 2 is 1.92 bits per heavy atom. The smallest absolute Gasteiger partial charge is 0.207 e. The first kappa shape index (κ1) is 12.4. The van der Waals surface area contributed by atoms with E-state index >= 15 is 0 Å². The lowest BCUT2D eigenvalue weighted by Crippen LogP contribution is -2.39. The van der Waals surface area contributed by atoms with Crippen LogP contribution in [0.1, 0.15) is 34.6 Å². The zero-order valence-corrected chi connectivity index (χ0v) is 9.26. The fraction of sp³-hybridized carbons (Fsp3) is 0.900. The van der Waals surface area contributed by atoms with Crippen molar-refractivity contribution >= 4 is 6.41 Å². The fourth-order valence-electron chi connectivity index (χ4n) is 0.860. The van der Waals surface area contributed by atoms with Crippen molar-refractivity contribution in [2.45, 2.75) is 46.3 Å². The van der Waals surface area contributed by atoms with Gasteiger partial charge in [0.15, 0.2) is 0 Å². The van der Waals surface area contributed by atoms with Crippen molar-refractivity contribution in [1.82, 2.24) is 5.32 Å². The molecule has 0 fully saturated rings. The number of hydrogen-bond acceptors (Lipinski definition) is 2. The van der Waals surface area contributed by atoms with Crippen molar-refractivity contribution in [1.29, 1.82) is 0 Å². The SMILES string of the molecule is CC(C)[C@@H](COC(C)(C)C)NC=O. The molecular formula is C10H21NO2. The number of carbonyl (C=O) groups excluding carboxylic acids is 1. The molecule has 0 aliphatic heterocycles. The van der Waals surface area contributed by atoms with Crippen molar-refractivity contribution < 1.29 is 9.53 Å². The van der Waals surface area contributed by atoms with Crippen LogP contribution < -0.4 is 5.32 Å². The van der Waals surface area contributed by atoms with E-state index in [1.165, 1.54) is 0 Å². The van der Waals surface area contributed by atoms with Gasteiger partial charge in [-0.3, -0.25) is 4.79 Å². The van der Waals surface area contributed by atoms with Crippen LogP contribution in [0.15, 0.2) is 0 Å². The molecule has 3 heteroatoms. The van der Waals surface area contributed by atoms with Crippen molar-refractivity contribution in [3.63, 3.8) is 0 Å². The maximum Gasteiger partial charge on any atom is 0.207 e. The number of carbonyl (C=O) groups is 1. The van der Waals surface area contributed by atoms with Gasteiger partial charge in [-0.05, 0) is 26.7 Å². The third-order valence-corrected chi connectivity index (χ3v) is 1.78. The van der Waals surface area contributed by atoms with Crippen LogP contribution in [0, 0.1) is 5.92 Å².